The molecule has 5 heteroatoms. The Hall–Kier alpha value is -1.85. The molecule has 0 bridgehead atoms. The summed E-state index contributed by atoms with van der Waals surface area (Å²) in [4.78, 5) is 0. The van der Waals surface area contributed by atoms with E-state index in [1.54, 1.807) is 37.3 Å². The summed E-state index contributed by atoms with van der Waals surface area (Å²) in [5.74, 6) is 0. The summed E-state index contributed by atoms with van der Waals surface area (Å²) in [6.07, 6.45) is -7.16. The van der Waals surface area contributed by atoms with Crippen LogP contribution in [-0.2, 0) is 0 Å². The van der Waals surface area contributed by atoms with Gasteiger partial charge in [-0.2, -0.15) is 13.2 Å². The van der Waals surface area contributed by atoms with Gasteiger partial charge in [-0.1, -0.05) is 60.7 Å². The average Bonchev–Trinajstić information content (AvgIpc) is 2.52. The van der Waals surface area contributed by atoms with Crippen LogP contribution in [0.1, 0.15) is 30.1 Å². The molecule has 0 radical (unpaired) electrons. The quantitative estimate of drug-likeness (QED) is 0.875. The van der Waals surface area contributed by atoms with Crippen molar-refractivity contribution in [3.63, 3.8) is 0 Å². The zero-order valence-corrected chi connectivity index (χ0v) is 12.1. The van der Waals surface area contributed by atoms with Crippen molar-refractivity contribution < 1.29 is 18.3 Å². The predicted octanol–water partition coefficient (Wildman–Crippen LogP) is 4.00. The molecule has 0 unspecified atom stereocenters. The van der Waals surface area contributed by atoms with Gasteiger partial charge in [0.15, 0.2) is 6.10 Å². The molecule has 0 aliphatic heterocycles. The lowest BCUT2D eigenvalue weighted by Crippen LogP contribution is -2.42. The Labute approximate surface area is 127 Å². The van der Waals surface area contributed by atoms with Crippen molar-refractivity contribution in [2.75, 3.05) is 0 Å². The zero-order chi connectivity index (χ0) is 16.2. The lowest BCUT2D eigenvalue weighted by molar-refractivity contribution is -0.213. The topological polar surface area (TPSA) is 32.3 Å². The third-order valence-electron chi connectivity index (χ3n) is 3.54. The van der Waals surface area contributed by atoms with Crippen LogP contribution in [0, 0.1) is 0 Å². The summed E-state index contributed by atoms with van der Waals surface area (Å²) in [5.41, 5.74) is 1.26. The highest BCUT2D eigenvalue weighted by Crippen LogP contribution is 2.32. The fraction of sp³-hybridized carbons (Fsp3) is 0.294. The minimum absolute atomic E-state index is 0.330. The molecule has 22 heavy (non-hydrogen) atoms. The van der Waals surface area contributed by atoms with Gasteiger partial charge < -0.3 is 10.4 Å². The summed E-state index contributed by atoms with van der Waals surface area (Å²) < 4.78 is 38.8. The van der Waals surface area contributed by atoms with E-state index in [-0.39, 0.29) is 6.04 Å². The Morgan fingerprint density at radius 2 is 1.32 bits per heavy atom. The number of halogens is 3. The lowest BCUT2D eigenvalue weighted by Gasteiger charge is -2.29. The number of hydrogen-bond acceptors (Lipinski definition) is 2. The first-order valence-corrected chi connectivity index (χ1v) is 7.00. The van der Waals surface area contributed by atoms with Gasteiger partial charge in [0.2, 0.25) is 0 Å². The Balaban J connectivity index is 2.25. The van der Waals surface area contributed by atoms with Gasteiger partial charge in [-0.25, -0.2) is 0 Å². The second kappa shape index (κ2) is 6.94. The fourth-order valence-corrected chi connectivity index (χ4v) is 2.33. The largest absolute Gasteiger partial charge is 0.416 e. The van der Waals surface area contributed by atoms with Crippen LogP contribution < -0.4 is 5.32 Å². The molecule has 2 N–H and O–H groups in total. The van der Waals surface area contributed by atoms with E-state index < -0.39 is 18.3 Å². The highest BCUT2D eigenvalue weighted by molar-refractivity contribution is 5.23. The van der Waals surface area contributed by atoms with E-state index in [9.17, 15) is 18.3 Å². The van der Waals surface area contributed by atoms with Crippen molar-refractivity contribution in [2.45, 2.75) is 31.3 Å². The average molecular weight is 309 g/mol. The molecule has 0 aliphatic carbocycles. The van der Waals surface area contributed by atoms with Gasteiger partial charge in [0, 0.05) is 6.04 Å². The Morgan fingerprint density at radius 1 is 0.864 bits per heavy atom. The van der Waals surface area contributed by atoms with Gasteiger partial charge >= 0.3 is 6.18 Å². The highest BCUT2D eigenvalue weighted by atomic mass is 19.4. The van der Waals surface area contributed by atoms with Gasteiger partial charge in [-0.3, -0.25) is 0 Å². The molecular weight excluding hydrogens is 291 g/mol. The van der Waals surface area contributed by atoms with E-state index in [2.05, 4.69) is 5.32 Å². The van der Waals surface area contributed by atoms with E-state index in [1.165, 1.54) is 0 Å². The molecule has 2 rings (SSSR count). The van der Waals surface area contributed by atoms with Gasteiger partial charge in [-0.05, 0) is 18.1 Å². The first kappa shape index (κ1) is 16.5. The zero-order valence-electron chi connectivity index (χ0n) is 12.1. The van der Waals surface area contributed by atoms with E-state index in [0.717, 1.165) is 5.56 Å². The number of rotatable bonds is 5. The van der Waals surface area contributed by atoms with Crippen molar-refractivity contribution in [2.24, 2.45) is 0 Å². The normalized spacial score (nSPS) is 16.0. The summed E-state index contributed by atoms with van der Waals surface area (Å²) in [6.45, 7) is 1.77. The summed E-state index contributed by atoms with van der Waals surface area (Å²) in [6, 6.07) is 15.8. The molecule has 2 aromatic carbocycles. The standard InChI is InChI=1S/C17H18F3NO/c1-12(13-8-4-2-5-9-13)21-15(16(22)17(18,19)20)14-10-6-3-7-11-14/h2-12,15-16,21-22H,1H3/t12-,15-,16-/m1/s1. The maximum atomic E-state index is 12.9. The third-order valence-corrected chi connectivity index (χ3v) is 3.54. The van der Waals surface area contributed by atoms with E-state index in [1.807, 2.05) is 30.3 Å². The van der Waals surface area contributed by atoms with Crippen molar-refractivity contribution in [3.8, 4) is 0 Å². The second-order valence-electron chi connectivity index (χ2n) is 5.17. The number of aliphatic hydroxyl groups excluding tert-OH is 1. The Bertz CT molecular complexity index is 571. The molecule has 0 saturated carbocycles. The molecule has 0 amide bonds. The summed E-state index contributed by atoms with van der Waals surface area (Å²) in [7, 11) is 0. The first-order chi connectivity index (χ1) is 10.4. The molecule has 2 nitrogen and oxygen atoms in total. The maximum Gasteiger partial charge on any atom is 0.416 e. The van der Waals surface area contributed by atoms with Crippen LogP contribution in [0.5, 0.6) is 0 Å². The van der Waals surface area contributed by atoms with Gasteiger partial charge in [0.05, 0.1) is 6.04 Å². The molecule has 2 aromatic rings. The van der Waals surface area contributed by atoms with E-state index >= 15 is 0 Å². The monoisotopic (exact) mass is 309 g/mol. The molecule has 0 aromatic heterocycles. The van der Waals surface area contributed by atoms with Gasteiger partial charge in [0.1, 0.15) is 0 Å². The second-order valence-corrected chi connectivity index (χ2v) is 5.17. The van der Waals surface area contributed by atoms with Crippen LogP contribution in [0.3, 0.4) is 0 Å². The smallest absolute Gasteiger partial charge is 0.382 e. The van der Waals surface area contributed by atoms with Crippen LogP contribution in [0.25, 0.3) is 0 Å². The molecule has 0 aliphatic rings. The van der Waals surface area contributed by atoms with Crippen molar-refractivity contribution in [1.29, 1.82) is 0 Å². The summed E-state index contributed by atoms with van der Waals surface area (Å²) >= 11 is 0. The van der Waals surface area contributed by atoms with Crippen LogP contribution >= 0.6 is 0 Å². The molecule has 0 saturated heterocycles. The summed E-state index contributed by atoms with van der Waals surface area (Å²) in [5, 5.41) is 12.6. The van der Waals surface area contributed by atoms with Crippen LogP contribution in [-0.4, -0.2) is 17.4 Å². The van der Waals surface area contributed by atoms with Gasteiger partial charge in [0.25, 0.3) is 0 Å². The SMILES string of the molecule is C[C@@H](N[C@H](c1ccccc1)[C@@H](O)C(F)(F)F)c1ccccc1. The molecule has 3 atom stereocenters. The first-order valence-electron chi connectivity index (χ1n) is 7.00. The minimum Gasteiger partial charge on any atom is -0.382 e. The number of hydrogen-bond donors (Lipinski definition) is 2. The van der Waals surface area contributed by atoms with Crippen molar-refractivity contribution in [1.82, 2.24) is 5.32 Å². The maximum absolute atomic E-state index is 12.9. The van der Waals surface area contributed by atoms with Gasteiger partial charge in [-0.15, -0.1) is 0 Å². The van der Waals surface area contributed by atoms with Crippen LogP contribution in [0.4, 0.5) is 13.2 Å². The lowest BCUT2D eigenvalue weighted by atomic mass is 9.98. The molecule has 0 spiro atoms. The molecular formula is C17H18F3NO. The fourth-order valence-electron chi connectivity index (χ4n) is 2.33. The highest BCUT2D eigenvalue weighted by Gasteiger charge is 2.44. The molecule has 0 heterocycles. The Kier molecular flexibility index (Phi) is 5.21. The molecule has 0 fully saturated rings. The van der Waals surface area contributed by atoms with E-state index in [0.29, 0.717) is 5.56 Å². The van der Waals surface area contributed by atoms with Crippen LogP contribution in [0.2, 0.25) is 0 Å². The van der Waals surface area contributed by atoms with Crippen molar-refractivity contribution in [3.05, 3.63) is 71.8 Å². The van der Waals surface area contributed by atoms with Crippen LogP contribution in [0.15, 0.2) is 60.7 Å². The number of benzene rings is 2. The predicted molar refractivity (Wildman–Crippen MR) is 79.2 cm³/mol. The minimum atomic E-state index is -4.69. The number of nitrogens with one attached hydrogen (secondary N) is 1. The third kappa shape index (κ3) is 4.08. The van der Waals surface area contributed by atoms with E-state index in [4.69, 9.17) is 0 Å². The number of aliphatic hydroxyl groups is 1. The number of alkyl halides is 3. The van der Waals surface area contributed by atoms with Crippen molar-refractivity contribution >= 4 is 0 Å². The molecule has 118 valence electrons. The Morgan fingerprint density at radius 3 is 1.77 bits per heavy atom.